The Morgan fingerprint density at radius 1 is 0.837 bits per heavy atom. The Bertz CT molecular complexity index is 1520. The summed E-state index contributed by atoms with van der Waals surface area (Å²) in [4.78, 5) is 29.2. The third kappa shape index (κ3) is 6.15. The molecule has 0 saturated carbocycles. The molecule has 5 rings (SSSR count). The zero-order valence-electron chi connectivity index (χ0n) is 24.3. The van der Waals surface area contributed by atoms with Crippen molar-refractivity contribution in [2.24, 2.45) is 0 Å². The number of ether oxygens (including phenoxy) is 1. The second kappa shape index (κ2) is 13.6. The number of carbonyl (C=O) groups excluding carboxylic acids is 2. The highest BCUT2D eigenvalue weighted by Crippen LogP contribution is 2.42. The van der Waals surface area contributed by atoms with Gasteiger partial charge in [-0.1, -0.05) is 127 Å². The fourth-order valence-electron chi connectivity index (χ4n) is 5.52. The lowest BCUT2D eigenvalue weighted by atomic mass is 9.76. The molecule has 1 fully saturated rings. The fraction of sp³-hybridized carbons (Fsp3) is 0.189. The SMILES string of the molecule is C#CCSC1C(NC(c2ccccc2)(c2ccccc2)c2ccccc2)C(=O)N1C(C(=O)OCc1ccccc1)=C(C)C. The van der Waals surface area contributed by atoms with Crippen LogP contribution in [0.4, 0.5) is 0 Å². The lowest BCUT2D eigenvalue weighted by Crippen LogP contribution is -2.72. The molecule has 1 saturated heterocycles. The number of likely N-dealkylation sites (tertiary alicyclic amines) is 1. The monoisotopic (exact) mass is 586 g/mol. The summed E-state index contributed by atoms with van der Waals surface area (Å²) in [6, 6.07) is 39.2. The summed E-state index contributed by atoms with van der Waals surface area (Å²) in [5, 5.41) is 3.35. The number of β-lactam (4-membered cyclic amide) rings is 1. The number of carbonyl (C=O) groups is 2. The molecule has 2 unspecified atom stereocenters. The minimum atomic E-state index is -0.857. The van der Waals surface area contributed by atoms with Gasteiger partial charge in [0.2, 0.25) is 5.91 Å². The molecule has 1 N–H and O–H groups in total. The van der Waals surface area contributed by atoms with E-state index in [2.05, 4.69) is 47.6 Å². The van der Waals surface area contributed by atoms with E-state index in [1.165, 1.54) is 11.8 Å². The van der Waals surface area contributed by atoms with Crippen LogP contribution in [0, 0.1) is 12.3 Å². The zero-order valence-corrected chi connectivity index (χ0v) is 25.1. The average molecular weight is 587 g/mol. The van der Waals surface area contributed by atoms with E-state index in [1.54, 1.807) is 4.90 Å². The van der Waals surface area contributed by atoms with Crippen LogP contribution in [0.1, 0.15) is 36.1 Å². The third-order valence-electron chi connectivity index (χ3n) is 7.49. The number of thioether (sulfide) groups is 1. The van der Waals surface area contributed by atoms with E-state index in [1.807, 2.05) is 98.8 Å². The number of nitrogens with one attached hydrogen (secondary N) is 1. The summed E-state index contributed by atoms with van der Waals surface area (Å²) in [6.45, 7) is 3.75. The van der Waals surface area contributed by atoms with Gasteiger partial charge in [0, 0.05) is 0 Å². The van der Waals surface area contributed by atoms with Crippen molar-refractivity contribution in [1.82, 2.24) is 10.2 Å². The number of allylic oxidation sites excluding steroid dienone is 1. The molecule has 43 heavy (non-hydrogen) atoms. The van der Waals surface area contributed by atoms with Crippen LogP contribution in [0.5, 0.6) is 0 Å². The number of nitrogens with zero attached hydrogens (tertiary/aromatic N) is 1. The van der Waals surface area contributed by atoms with Crippen molar-refractivity contribution in [2.45, 2.75) is 37.4 Å². The molecule has 0 radical (unpaired) electrons. The van der Waals surface area contributed by atoms with Crippen LogP contribution in [0.3, 0.4) is 0 Å². The maximum absolute atomic E-state index is 14.2. The fourth-order valence-corrected chi connectivity index (χ4v) is 6.52. The minimum absolute atomic E-state index is 0.113. The summed E-state index contributed by atoms with van der Waals surface area (Å²) >= 11 is 1.45. The maximum Gasteiger partial charge on any atom is 0.355 e. The van der Waals surface area contributed by atoms with Gasteiger partial charge in [-0.2, -0.15) is 0 Å². The van der Waals surface area contributed by atoms with Crippen molar-refractivity contribution in [3.63, 3.8) is 0 Å². The number of amides is 1. The Labute approximate surface area is 258 Å². The van der Waals surface area contributed by atoms with Gasteiger partial charge in [-0.3, -0.25) is 15.0 Å². The highest BCUT2D eigenvalue weighted by molar-refractivity contribution is 8.00. The Morgan fingerprint density at radius 2 is 1.30 bits per heavy atom. The lowest BCUT2D eigenvalue weighted by Gasteiger charge is -2.51. The second-order valence-electron chi connectivity index (χ2n) is 10.5. The first kappa shape index (κ1) is 29.9. The smallest absolute Gasteiger partial charge is 0.355 e. The van der Waals surface area contributed by atoms with Crippen molar-refractivity contribution < 1.29 is 14.3 Å². The quantitative estimate of drug-likeness (QED) is 0.0714. The van der Waals surface area contributed by atoms with Gasteiger partial charge >= 0.3 is 5.97 Å². The van der Waals surface area contributed by atoms with E-state index in [9.17, 15) is 9.59 Å². The van der Waals surface area contributed by atoms with E-state index in [4.69, 9.17) is 11.2 Å². The van der Waals surface area contributed by atoms with Crippen LogP contribution in [0.25, 0.3) is 0 Å². The van der Waals surface area contributed by atoms with Gasteiger partial charge in [0.05, 0.1) is 11.3 Å². The molecular formula is C37H34N2O3S. The predicted molar refractivity (Wildman–Crippen MR) is 173 cm³/mol. The summed E-state index contributed by atoms with van der Waals surface area (Å²) in [6.07, 6.45) is 5.69. The summed E-state index contributed by atoms with van der Waals surface area (Å²) in [5.41, 5.74) is 3.92. The Hall–Kier alpha value is -4.57. The van der Waals surface area contributed by atoms with Gasteiger partial charge in [-0.25, -0.2) is 4.79 Å². The Balaban J connectivity index is 1.54. The first-order valence-electron chi connectivity index (χ1n) is 14.2. The molecule has 0 spiro atoms. The van der Waals surface area contributed by atoms with E-state index in [0.29, 0.717) is 11.3 Å². The molecular weight excluding hydrogens is 552 g/mol. The zero-order chi connectivity index (χ0) is 30.2. The maximum atomic E-state index is 14.2. The number of terminal acetylenes is 1. The normalized spacial score (nSPS) is 16.1. The van der Waals surface area contributed by atoms with E-state index in [0.717, 1.165) is 22.3 Å². The highest BCUT2D eigenvalue weighted by atomic mass is 32.2. The molecule has 6 heteroatoms. The molecule has 1 aliphatic rings. The van der Waals surface area contributed by atoms with Gasteiger partial charge in [-0.05, 0) is 41.7 Å². The van der Waals surface area contributed by atoms with Crippen LogP contribution in [-0.4, -0.2) is 33.9 Å². The average Bonchev–Trinajstić information content (AvgIpc) is 3.06. The molecule has 1 amide bonds. The number of hydrogen-bond acceptors (Lipinski definition) is 5. The molecule has 0 aliphatic carbocycles. The Morgan fingerprint density at radius 3 is 1.74 bits per heavy atom. The van der Waals surface area contributed by atoms with Crippen molar-refractivity contribution in [3.05, 3.63) is 155 Å². The van der Waals surface area contributed by atoms with Crippen molar-refractivity contribution in [3.8, 4) is 12.3 Å². The number of hydrogen-bond donors (Lipinski definition) is 1. The van der Waals surface area contributed by atoms with Gasteiger partial charge in [-0.15, -0.1) is 18.2 Å². The van der Waals surface area contributed by atoms with Crippen LogP contribution >= 0.6 is 11.8 Å². The van der Waals surface area contributed by atoms with Gasteiger partial charge in [0.1, 0.15) is 23.7 Å². The van der Waals surface area contributed by atoms with Crippen molar-refractivity contribution in [1.29, 1.82) is 0 Å². The summed E-state index contributed by atoms with van der Waals surface area (Å²) in [5.74, 6) is 2.31. The number of rotatable bonds is 11. The third-order valence-corrected chi connectivity index (χ3v) is 8.65. The lowest BCUT2D eigenvalue weighted by molar-refractivity contribution is -0.152. The molecule has 4 aromatic rings. The molecule has 1 aliphatic heterocycles. The van der Waals surface area contributed by atoms with Gasteiger partial charge < -0.3 is 4.74 Å². The molecule has 1 heterocycles. The number of benzene rings is 4. The molecule has 0 bridgehead atoms. The first-order chi connectivity index (χ1) is 21.0. The van der Waals surface area contributed by atoms with E-state index >= 15 is 0 Å². The van der Waals surface area contributed by atoms with Crippen LogP contribution in [0.15, 0.2) is 133 Å². The molecule has 0 aromatic heterocycles. The van der Waals surface area contributed by atoms with Crippen LogP contribution in [0.2, 0.25) is 0 Å². The standard InChI is InChI=1S/C37H34N2O3S/c1-4-25-43-35-32(34(40)39(35)33(27(2)3)36(41)42-26-28-17-9-5-10-18-28)38-37(29-19-11-6-12-20-29,30-21-13-7-14-22-30)31-23-15-8-16-24-31/h1,5-24,32,35,38H,25-26H2,2-3H3. The predicted octanol–water partition coefficient (Wildman–Crippen LogP) is 6.51. The van der Waals surface area contributed by atoms with Crippen LogP contribution in [-0.2, 0) is 26.5 Å². The highest BCUT2D eigenvalue weighted by Gasteiger charge is 2.54. The molecule has 216 valence electrons. The summed E-state index contributed by atoms with van der Waals surface area (Å²) < 4.78 is 5.69. The molecule has 2 atom stereocenters. The second-order valence-corrected chi connectivity index (χ2v) is 11.6. The topological polar surface area (TPSA) is 58.6 Å². The molecule has 5 nitrogen and oxygen atoms in total. The number of esters is 1. The largest absolute Gasteiger partial charge is 0.456 e. The van der Waals surface area contributed by atoms with Crippen molar-refractivity contribution in [2.75, 3.05) is 5.75 Å². The van der Waals surface area contributed by atoms with Crippen molar-refractivity contribution >= 4 is 23.6 Å². The summed E-state index contributed by atoms with van der Waals surface area (Å²) in [7, 11) is 0. The van der Waals surface area contributed by atoms with Gasteiger partial charge in [0.15, 0.2) is 0 Å². The van der Waals surface area contributed by atoms with E-state index in [-0.39, 0.29) is 18.2 Å². The Kier molecular flexibility index (Phi) is 9.46. The van der Waals surface area contributed by atoms with Crippen LogP contribution < -0.4 is 5.32 Å². The molecule has 4 aromatic carbocycles. The minimum Gasteiger partial charge on any atom is -0.456 e. The first-order valence-corrected chi connectivity index (χ1v) is 15.2. The van der Waals surface area contributed by atoms with E-state index < -0.39 is 22.9 Å². The van der Waals surface area contributed by atoms with Gasteiger partial charge in [0.25, 0.3) is 0 Å².